The molecule has 16 heavy (non-hydrogen) atoms. The predicted octanol–water partition coefficient (Wildman–Crippen LogP) is -0.467. The SMILES string of the molecule is NS(=O)(=O)C1CC(=O)N(Cc2nccs2)C1. The Labute approximate surface area is 97.1 Å². The van der Waals surface area contributed by atoms with Gasteiger partial charge in [-0.3, -0.25) is 4.79 Å². The van der Waals surface area contributed by atoms with Gasteiger partial charge >= 0.3 is 0 Å². The summed E-state index contributed by atoms with van der Waals surface area (Å²) in [6.07, 6.45) is 1.63. The van der Waals surface area contributed by atoms with Gasteiger partial charge < -0.3 is 4.90 Å². The van der Waals surface area contributed by atoms with E-state index < -0.39 is 15.3 Å². The lowest BCUT2D eigenvalue weighted by Gasteiger charge is -2.13. The zero-order chi connectivity index (χ0) is 11.8. The minimum atomic E-state index is -3.63. The number of nitrogens with two attached hydrogens (primary N) is 1. The van der Waals surface area contributed by atoms with Crippen LogP contribution in [0.25, 0.3) is 0 Å². The molecule has 1 aliphatic rings. The lowest BCUT2D eigenvalue weighted by Crippen LogP contribution is -2.31. The van der Waals surface area contributed by atoms with Crippen molar-refractivity contribution in [2.24, 2.45) is 5.14 Å². The molecule has 6 nitrogen and oxygen atoms in total. The van der Waals surface area contributed by atoms with Crippen LogP contribution in [0.2, 0.25) is 0 Å². The fourth-order valence-corrected chi connectivity index (χ4v) is 3.00. The van der Waals surface area contributed by atoms with E-state index in [9.17, 15) is 13.2 Å². The first-order valence-corrected chi connectivity index (χ1v) is 7.13. The second kappa shape index (κ2) is 4.11. The van der Waals surface area contributed by atoms with Gasteiger partial charge in [0.2, 0.25) is 15.9 Å². The zero-order valence-corrected chi connectivity index (χ0v) is 10.00. The van der Waals surface area contributed by atoms with Gasteiger partial charge in [0, 0.05) is 24.5 Å². The first-order valence-electron chi connectivity index (χ1n) is 4.64. The van der Waals surface area contributed by atoms with Crippen LogP contribution in [-0.2, 0) is 21.4 Å². The maximum absolute atomic E-state index is 11.5. The van der Waals surface area contributed by atoms with Crippen molar-refractivity contribution in [2.45, 2.75) is 18.2 Å². The van der Waals surface area contributed by atoms with Crippen LogP contribution >= 0.6 is 11.3 Å². The monoisotopic (exact) mass is 261 g/mol. The molecule has 1 aromatic heterocycles. The van der Waals surface area contributed by atoms with E-state index >= 15 is 0 Å². The molecule has 1 aromatic rings. The molecule has 0 saturated carbocycles. The van der Waals surface area contributed by atoms with Gasteiger partial charge in [-0.15, -0.1) is 11.3 Å². The van der Waals surface area contributed by atoms with Gasteiger partial charge in [-0.2, -0.15) is 0 Å². The minimum Gasteiger partial charge on any atom is -0.335 e. The number of amides is 1. The molecule has 8 heteroatoms. The minimum absolute atomic E-state index is 0.0236. The highest BCUT2D eigenvalue weighted by atomic mass is 32.2. The highest BCUT2D eigenvalue weighted by Crippen LogP contribution is 2.19. The average Bonchev–Trinajstić information content (AvgIpc) is 2.76. The fourth-order valence-electron chi connectivity index (χ4n) is 1.60. The molecule has 2 heterocycles. The van der Waals surface area contributed by atoms with Crippen molar-refractivity contribution in [1.29, 1.82) is 0 Å². The van der Waals surface area contributed by atoms with Crippen LogP contribution in [0.3, 0.4) is 0 Å². The van der Waals surface area contributed by atoms with E-state index in [0.29, 0.717) is 6.54 Å². The molecular formula is C8H11N3O3S2. The van der Waals surface area contributed by atoms with Crippen LogP contribution in [0.1, 0.15) is 11.4 Å². The number of hydrogen-bond acceptors (Lipinski definition) is 5. The van der Waals surface area contributed by atoms with Gasteiger partial charge in [0.25, 0.3) is 0 Å². The molecule has 0 bridgehead atoms. The number of nitrogens with zero attached hydrogens (tertiary/aromatic N) is 2. The first kappa shape index (κ1) is 11.5. The number of aromatic nitrogens is 1. The Balaban J connectivity index is 2.06. The average molecular weight is 261 g/mol. The summed E-state index contributed by atoms with van der Waals surface area (Å²) < 4.78 is 22.2. The molecule has 1 saturated heterocycles. The van der Waals surface area contributed by atoms with E-state index in [4.69, 9.17) is 5.14 Å². The van der Waals surface area contributed by atoms with Crippen LogP contribution in [0.15, 0.2) is 11.6 Å². The Morgan fingerprint density at radius 2 is 2.38 bits per heavy atom. The van der Waals surface area contributed by atoms with Crippen molar-refractivity contribution in [3.8, 4) is 0 Å². The second-order valence-electron chi connectivity index (χ2n) is 3.62. The van der Waals surface area contributed by atoms with Crippen LogP contribution in [0.4, 0.5) is 0 Å². The number of carbonyl (C=O) groups excluding carboxylic acids is 1. The maximum atomic E-state index is 11.5. The third-order valence-corrected chi connectivity index (χ3v) is 4.46. The lowest BCUT2D eigenvalue weighted by molar-refractivity contribution is -0.128. The summed E-state index contributed by atoms with van der Waals surface area (Å²) >= 11 is 1.43. The first-order chi connectivity index (χ1) is 7.47. The smallest absolute Gasteiger partial charge is 0.224 e. The number of likely N-dealkylation sites (tertiary alicyclic amines) is 1. The quantitative estimate of drug-likeness (QED) is 0.796. The molecule has 88 valence electrons. The Kier molecular flexibility index (Phi) is 2.96. The number of sulfonamides is 1. The lowest BCUT2D eigenvalue weighted by atomic mass is 10.4. The highest BCUT2D eigenvalue weighted by molar-refractivity contribution is 7.89. The van der Waals surface area contributed by atoms with Gasteiger partial charge in [0.1, 0.15) is 10.3 Å². The number of thiazole rings is 1. The normalized spacial score (nSPS) is 21.7. The van der Waals surface area contributed by atoms with Crippen molar-refractivity contribution in [3.05, 3.63) is 16.6 Å². The molecule has 2 rings (SSSR count). The predicted molar refractivity (Wildman–Crippen MR) is 59.0 cm³/mol. The summed E-state index contributed by atoms with van der Waals surface area (Å²) in [6.45, 7) is 0.528. The van der Waals surface area contributed by atoms with Crippen LogP contribution in [0, 0.1) is 0 Å². The summed E-state index contributed by atoms with van der Waals surface area (Å²) in [7, 11) is -3.63. The standard InChI is InChI=1S/C8H11N3O3S2/c9-16(13,14)6-3-8(12)11(4-6)5-7-10-1-2-15-7/h1-2,6H,3-5H2,(H2,9,13,14). The van der Waals surface area contributed by atoms with Crippen molar-refractivity contribution >= 4 is 27.3 Å². The van der Waals surface area contributed by atoms with Gasteiger partial charge in [-0.25, -0.2) is 18.5 Å². The molecule has 1 amide bonds. The van der Waals surface area contributed by atoms with Gasteiger partial charge in [0.05, 0.1) is 6.54 Å². The number of carbonyl (C=O) groups is 1. The van der Waals surface area contributed by atoms with E-state index in [0.717, 1.165) is 5.01 Å². The van der Waals surface area contributed by atoms with Crippen LogP contribution in [-0.4, -0.2) is 36.0 Å². The Morgan fingerprint density at radius 1 is 1.62 bits per heavy atom. The summed E-state index contributed by atoms with van der Waals surface area (Å²) in [4.78, 5) is 17.1. The van der Waals surface area contributed by atoms with E-state index in [1.165, 1.54) is 16.2 Å². The molecule has 0 aromatic carbocycles. The van der Waals surface area contributed by atoms with Crippen LogP contribution < -0.4 is 5.14 Å². The summed E-state index contributed by atoms with van der Waals surface area (Å²) in [5.41, 5.74) is 0. The number of hydrogen-bond donors (Lipinski definition) is 1. The van der Waals surface area contributed by atoms with Gasteiger partial charge in [0.15, 0.2) is 0 Å². The topological polar surface area (TPSA) is 93.4 Å². The third-order valence-electron chi connectivity index (χ3n) is 2.45. The van der Waals surface area contributed by atoms with Crippen molar-refractivity contribution in [3.63, 3.8) is 0 Å². The Bertz CT molecular complexity index is 483. The summed E-state index contributed by atoms with van der Waals surface area (Å²) in [6, 6.07) is 0. The number of rotatable bonds is 3. The molecular weight excluding hydrogens is 250 g/mol. The Morgan fingerprint density at radius 3 is 2.88 bits per heavy atom. The maximum Gasteiger partial charge on any atom is 0.224 e. The fraction of sp³-hybridized carbons (Fsp3) is 0.500. The van der Waals surface area contributed by atoms with Crippen molar-refractivity contribution in [1.82, 2.24) is 9.88 Å². The molecule has 0 radical (unpaired) electrons. The van der Waals surface area contributed by atoms with E-state index in [2.05, 4.69) is 4.98 Å². The van der Waals surface area contributed by atoms with Gasteiger partial charge in [-0.1, -0.05) is 0 Å². The van der Waals surface area contributed by atoms with Crippen molar-refractivity contribution < 1.29 is 13.2 Å². The van der Waals surface area contributed by atoms with E-state index in [1.54, 1.807) is 6.20 Å². The molecule has 0 aliphatic carbocycles. The van der Waals surface area contributed by atoms with E-state index in [-0.39, 0.29) is 18.9 Å². The van der Waals surface area contributed by atoms with Crippen molar-refractivity contribution in [2.75, 3.05) is 6.54 Å². The zero-order valence-electron chi connectivity index (χ0n) is 8.37. The molecule has 1 fully saturated rings. The highest BCUT2D eigenvalue weighted by Gasteiger charge is 2.36. The Hall–Kier alpha value is -0.990. The molecule has 1 unspecified atom stereocenters. The molecule has 2 N–H and O–H groups in total. The summed E-state index contributed by atoms with van der Waals surface area (Å²) in [5, 5.41) is 6.85. The number of primary sulfonamides is 1. The van der Waals surface area contributed by atoms with Crippen LogP contribution in [0.5, 0.6) is 0 Å². The molecule has 1 aliphatic heterocycles. The summed E-state index contributed by atoms with van der Waals surface area (Å²) in [5.74, 6) is -0.186. The molecule has 0 spiro atoms. The second-order valence-corrected chi connectivity index (χ2v) is 6.44. The van der Waals surface area contributed by atoms with Gasteiger partial charge in [-0.05, 0) is 0 Å². The largest absolute Gasteiger partial charge is 0.335 e. The third kappa shape index (κ3) is 2.39. The molecule has 1 atom stereocenters. The van der Waals surface area contributed by atoms with E-state index in [1.807, 2.05) is 5.38 Å².